The molecule has 0 bridgehead atoms. The number of benzene rings is 1. The van der Waals surface area contributed by atoms with Gasteiger partial charge in [-0.25, -0.2) is 0 Å². The second-order valence-corrected chi connectivity index (χ2v) is 3.45. The average Bonchev–Trinajstić information content (AvgIpc) is 2.99. The van der Waals surface area contributed by atoms with E-state index in [4.69, 9.17) is 4.74 Å². The molecule has 1 heterocycles. The number of epoxide rings is 1. The fourth-order valence-corrected chi connectivity index (χ4v) is 1.60. The van der Waals surface area contributed by atoms with Crippen molar-refractivity contribution in [3.8, 4) is 0 Å². The SMILES string of the molecule is C/C=C/C(O)C1OC1c1ccccc1. The normalized spacial score (nSPS) is 27.9. The van der Waals surface area contributed by atoms with Crippen LogP contribution >= 0.6 is 0 Å². The summed E-state index contributed by atoms with van der Waals surface area (Å²) in [6.07, 6.45) is 3.13. The lowest BCUT2D eigenvalue weighted by Crippen LogP contribution is -2.11. The van der Waals surface area contributed by atoms with E-state index in [0.29, 0.717) is 0 Å². The van der Waals surface area contributed by atoms with Crippen molar-refractivity contribution in [1.82, 2.24) is 0 Å². The molecule has 1 fully saturated rings. The maximum atomic E-state index is 9.61. The zero-order chi connectivity index (χ0) is 9.97. The lowest BCUT2D eigenvalue weighted by molar-refractivity contribution is 0.177. The topological polar surface area (TPSA) is 32.8 Å². The molecule has 1 saturated heterocycles. The number of rotatable bonds is 3. The van der Waals surface area contributed by atoms with Crippen molar-refractivity contribution in [1.29, 1.82) is 0 Å². The molecular formula is C12H14O2. The summed E-state index contributed by atoms with van der Waals surface area (Å²) in [4.78, 5) is 0. The molecule has 2 heteroatoms. The Morgan fingerprint density at radius 3 is 2.71 bits per heavy atom. The van der Waals surface area contributed by atoms with Crippen LogP contribution in [0.15, 0.2) is 42.5 Å². The molecule has 1 aliphatic rings. The van der Waals surface area contributed by atoms with Gasteiger partial charge >= 0.3 is 0 Å². The van der Waals surface area contributed by atoms with Crippen LogP contribution in [0, 0.1) is 0 Å². The standard InChI is InChI=1S/C12H14O2/c1-2-6-10(13)12-11(14-12)9-7-4-3-5-8-9/h2-8,10-13H,1H3/b6-2+. The molecule has 1 aromatic carbocycles. The fraction of sp³-hybridized carbons (Fsp3) is 0.333. The molecule has 0 aliphatic carbocycles. The molecule has 1 N–H and O–H groups in total. The third-order valence-corrected chi connectivity index (χ3v) is 2.38. The number of ether oxygens (including phenoxy) is 1. The Morgan fingerprint density at radius 2 is 2.07 bits per heavy atom. The summed E-state index contributed by atoms with van der Waals surface area (Å²) in [6.45, 7) is 1.89. The van der Waals surface area contributed by atoms with Crippen molar-refractivity contribution in [2.24, 2.45) is 0 Å². The Morgan fingerprint density at radius 1 is 1.36 bits per heavy atom. The first-order valence-electron chi connectivity index (χ1n) is 4.84. The Balaban J connectivity index is 2.00. The van der Waals surface area contributed by atoms with Crippen molar-refractivity contribution >= 4 is 0 Å². The molecule has 1 aliphatic heterocycles. The Kier molecular flexibility index (Phi) is 2.66. The van der Waals surface area contributed by atoms with Gasteiger partial charge in [-0.15, -0.1) is 0 Å². The van der Waals surface area contributed by atoms with Gasteiger partial charge in [-0.05, 0) is 12.5 Å². The molecule has 0 spiro atoms. The molecule has 14 heavy (non-hydrogen) atoms. The van der Waals surface area contributed by atoms with E-state index in [0.717, 1.165) is 5.56 Å². The van der Waals surface area contributed by atoms with Gasteiger partial charge in [0.2, 0.25) is 0 Å². The summed E-state index contributed by atoms with van der Waals surface area (Å²) < 4.78 is 5.42. The third-order valence-electron chi connectivity index (χ3n) is 2.38. The lowest BCUT2D eigenvalue weighted by Gasteiger charge is -1.99. The summed E-state index contributed by atoms with van der Waals surface area (Å²) in [5.41, 5.74) is 1.14. The van der Waals surface area contributed by atoms with Crippen molar-refractivity contribution in [2.75, 3.05) is 0 Å². The van der Waals surface area contributed by atoms with Gasteiger partial charge in [-0.2, -0.15) is 0 Å². The quantitative estimate of drug-likeness (QED) is 0.584. The van der Waals surface area contributed by atoms with E-state index >= 15 is 0 Å². The van der Waals surface area contributed by atoms with Crippen molar-refractivity contribution < 1.29 is 9.84 Å². The molecule has 74 valence electrons. The van der Waals surface area contributed by atoms with Crippen LogP contribution in [0.4, 0.5) is 0 Å². The van der Waals surface area contributed by atoms with Crippen LogP contribution in [0.1, 0.15) is 18.6 Å². The molecule has 2 rings (SSSR count). The van der Waals surface area contributed by atoms with Crippen LogP contribution in [0.3, 0.4) is 0 Å². The zero-order valence-electron chi connectivity index (χ0n) is 8.13. The third kappa shape index (κ3) is 1.86. The van der Waals surface area contributed by atoms with Crippen LogP contribution in [0.5, 0.6) is 0 Å². The van der Waals surface area contributed by atoms with Gasteiger partial charge in [0.15, 0.2) is 0 Å². The van der Waals surface area contributed by atoms with Gasteiger partial charge in [-0.1, -0.05) is 42.5 Å². The first-order chi connectivity index (χ1) is 6.83. The Hall–Kier alpha value is -1.12. The predicted octanol–water partition coefficient (Wildman–Crippen LogP) is 2.06. The predicted molar refractivity (Wildman–Crippen MR) is 54.9 cm³/mol. The molecular weight excluding hydrogens is 176 g/mol. The maximum absolute atomic E-state index is 9.61. The number of aliphatic hydroxyl groups excluding tert-OH is 1. The highest BCUT2D eigenvalue weighted by molar-refractivity contribution is 5.23. The minimum atomic E-state index is -0.481. The second kappa shape index (κ2) is 3.95. The first kappa shape index (κ1) is 9.44. The van der Waals surface area contributed by atoms with Crippen LogP contribution in [-0.4, -0.2) is 17.3 Å². The number of hydrogen-bond donors (Lipinski definition) is 1. The minimum Gasteiger partial charge on any atom is -0.386 e. The molecule has 2 nitrogen and oxygen atoms in total. The summed E-state index contributed by atoms with van der Waals surface area (Å²) in [5, 5.41) is 9.61. The Bertz CT molecular complexity index is 318. The van der Waals surface area contributed by atoms with E-state index in [9.17, 15) is 5.11 Å². The maximum Gasteiger partial charge on any atom is 0.118 e. The molecule has 0 aromatic heterocycles. The highest BCUT2D eigenvalue weighted by atomic mass is 16.6. The van der Waals surface area contributed by atoms with Gasteiger partial charge in [-0.3, -0.25) is 0 Å². The second-order valence-electron chi connectivity index (χ2n) is 3.45. The van der Waals surface area contributed by atoms with Gasteiger partial charge < -0.3 is 9.84 Å². The molecule has 0 amide bonds. The molecule has 0 saturated carbocycles. The summed E-state index contributed by atoms with van der Waals surface area (Å²) in [6, 6.07) is 9.98. The smallest absolute Gasteiger partial charge is 0.118 e. The summed E-state index contributed by atoms with van der Waals surface area (Å²) in [7, 11) is 0. The van der Waals surface area contributed by atoms with Crippen LogP contribution in [-0.2, 0) is 4.74 Å². The largest absolute Gasteiger partial charge is 0.386 e. The zero-order valence-corrected chi connectivity index (χ0v) is 8.13. The van der Waals surface area contributed by atoms with Crippen molar-refractivity contribution in [2.45, 2.75) is 25.2 Å². The van der Waals surface area contributed by atoms with Crippen LogP contribution < -0.4 is 0 Å². The summed E-state index contributed by atoms with van der Waals surface area (Å²) in [5.74, 6) is 0. The average molecular weight is 190 g/mol. The molecule has 3 unspecified atom stereocenters. The van der Waals surface area contributed by atoms with E-state index in [1.807, 2.05) is 43.3 Å². The van der Waals surface area contributed by atoms with Gasteiger partial charge in [0, 0.05) is 0 Å². The Labute approximate surface area is 83.8 Å². The summed E-state index contributed by atoms with van der Waals surface area (Å²) >= 11 is 0. The first-order valence-corrected chi connectivity index (χ1v) is 4.84. The molecule has 0 radical (unpaired) electrons. The molecule has 3 atom stereocenters. The van der Waals surface area contributed by atoms with E-state index in [2.05, 4.69) is 0 Å². The van der Waals surface area contributed by atoms with Crippen molar-refractivity contribution in [3.63, 3.8) is 0 Å². The number of hydrogen-bond acceptors (Lipinski definition) is 2. The van der Waals surface area contributed by atoms with Gasteiger partial charge in [0.05, 0.1) is 0 Å². The van der Waals surface area contributed by atoms with Gasteiger partial charge in [0.1, 0.15) is 18.3 Å². The van der Waals surface area contributed by atoms with Crippen molar-refractivity contribution in [3.05, 3.63) is 48.0 Å². The lowest BCUT2D eigenvalue weighted by atomic mass is 10.1. The van der Waals surface area contributed by atoms with Crippen LogP contribution in [0.25, 0.3) is 0 Å². The van der Waals surface area contributed by atoms with E-state index < -0.39 is 6.10 Å². The van der Waals surface area contributed by atoms with E-state index in [1.54, 1.807) is 6.08 Å². The number of aliphatic hydroxyl groups is 1. The minimum absolute atomic E-state index is 0.0615. The van der Waals surface area contributed by atoms with E-state index in [1.165, 1.54) is 0 Å². The van der Waals surface area contributed by atoms with Crippen LogP contribution in [0.2, 0.25) is 0 Å². The highest BCUT2D eigenvalue weighted by Crippen LogP contribution is 2.40. The fourth-order valence-electron chi connectivity index (χ4n) is 1.60. The number of allylic oxidation sites excluding steroid dienone is 1. The monoisotopic (exact) mass is 190 g/mol. The highest BCUT2D eigenvalue weighted by Gasteiger charge is 2.44. The molecule has 1 aromatic rings. The van der Waals surface area contributed by atoms with E-state index in [-0.39, 0.29) is 12.2 Å². The van der Waals surface area contributed by atoms with Gasteiger partial charge in [0.25, 0.3) is 0 Å².